The topological polar surface area (TPSA) is 24.9 Å². The van der Waals surface area contributed by atoms with Crippen LogP contribution in [0.4, 0.5) is 5.69 Å². The molecule has 0 fully saturated rings. The number of nitrogens with zero attached hydrogens (tertiary/aromatic N) is 1. The van der Waals surface area contributed by atoms with Gasteiger partial charge in [-0.3, -0.25) is 0 Å². The Balaban J connectivity index is 1.88. The summed E-state index contributed by atoms with van der Waals surface area (Å²) >= 11 is 17.3. The Kier molecular flexibility index (Phi) is 4.17. The Morgan fingerprint density at radius 2 is 1.95 bits per heavy atom. The van der Waals surface area contributed by atoms with Crippen molar-refractivity contribution < 1.29 is 0 Å². The third-order valence-corrected chi connectivity index (χ3v) is 5.23. The van der Waals surface area contributed by atoms with Crippen LogP contribution >= 0.6 is 50.5 Å². The Morgan fingerprint density at radius 3 is 2.75 bits per heavy atom. The lowest BCUT2D eigenvalue weighted by atomic mass is 10.2. The molecule has 0 atom stereocenters. The van der Waals surface area contributed by atoms with E-state index in [2.05, 4.69) is 26.2 Å². The zero-order valence-electron chi connectivity index (χ0n) is 10.2. The zero-order valence-corrected chi connectivity index (χ0v) is 14.1. The normalized spacial score (nSPS) is 10.9. The van der Waals surface area contributed by atoms with E-state index >= 15 is 0 Å². The first kappa shape index (κ1) is 14.1. The molecule has 0 unspecified atom stereocenters. The van der Waals surface area contributed by atoms with Crippen molar-refractivity contribution in [1.82, 2.24) is 4.98 Å². The number of hydrogen-bond acceptors (Lipinski definition) is 3. The second-order valence-corrected chi connectivity index (χ2v) is 6.78. The van der Waals surface area contributed by atoms with Gasteiger partial charge >= 0.3 is 0 Å². The molecule has 3 rings (SSSR count). The summed E-state index contributed by atoms with van der Waals surface area (Å²) in [5.41, 5.74) is 4.72. The number of aromatic nitrogens is 1. The van der Waals surface area contributed by atoms with Crippen LogP contribution in [0.25, 0.3) is 10.2 Å². The minimum Gasteiger partial charge on any atom is -0.378 e. The van der Waals surface area contributed by atoms with Crippen LogP contribution in [-0.2, 0) is 6.54 Å². The van der Waals surface area contributed by atoms with E-state index in [-0.39, 0.29) is 0 Å². The number of nitrogens with one attached hydrogen (secondary N) is 1. The van der Waals surface area contributed by atoms with Crippen molar-refractivity contribution in [3.8, 4) is 0 Å². The lowest BCUT2D eigenvalue weighted by molar-refractivity contribution is 1.15. The van der Waals surface area contributed by atoms with E-state index in [1.165, 1.54) is 0 Å². The Hall–Kier alpha value is -0.810. The van der Waals surface area contributed by atoms with Crippen LogP contribution in [0.1, 0.15) is 5.56 Å². The van der Waals surface area contributed by atoms with Gasteiger partial charge in [0.2, 0.25) is 0 Å². The van der Waals surface area contributed by atoms with Gasteiger partial charge in [-0.2, -0.15) is 0 Å². The molecule has 1 heterocycles. The molecule has 1 aromatic heterocycles. The number of fused-ring (bicyclic) bond motifs is 1. The fourth-order valence-corrected chi connectivity index (χ4v) is 3.36. The molecule has 0 bridgehead atoms. The molecule has 3 aromatic rings. The minimum absolute atomic E-state index is 0.659. The van der Waals surface area contributed by atoms with Gasteiger partial charge in [-0.1, -0.05) is 29.3 Å². The average Bonchev–Trinajstić information content (AvgIpc) is 2.90. The fraction of sp³-hybridized carbons (Fsp3) is 0.0714. The number of benzene rings is 2. The summed E-state index contributed by atoms with van der Waals surface area (Å²) in [5.74, 6) is 0. The lowest BCUT2D eigenvalue weighted by Gasteiger charge is -2.10. The highest BCUT2D eigenvalue weighted by molar-refractivity contribution is 9.10. The molecule has 0 saturated carbocycles. The first-order chi connectivity index (χ1) is 9.65. The third kappa shape index (κ3) is 2.79. The molecule has 0 amide bonds. The third-order valence-electron chi connectivity index (χ3n) is 2.90. The number of thiazole rings is 1. The molecule has 0 radical (unpaired) electrons. The highest BCUT2D eigenvalue weighted by atomic mass is 79.9. The van der Waals surface area contributed by atoms with Crippen molar-refractivity contribution in [2.75, 3.05) is 5.32 Å². The lowest BCUT2D eigenvalue weighted by Crippen LogP contribution is -2.00. The highest BCUT2D eigenvalue weighted by Crippen LogP contribution is 2.33. The van der Waals surface area contributed by atoms with Crippen LogP contribution in [0, 0.1) is 0 Å². The molecule has 2 nitrogen and oxygen atoms in total. The van der Waals surface area contributed by atoms with Gasteiger partial charge in [0.15, 0.2) is 0 Å². The molecule has 2 aromatic carbocycles. The van der Waals surface area contributed by atoms with E-state index in [4.69, 9.17) is 23.2 Å². The van der Waals surface area contributed by atoms with Gasteiger partial charge in [-0.15, -0.1) is 11.3 Å². The molecular formula is C14H9BrCl2N2S. The molecule has 6 heteroatoms. The van der Waals surface area contributed by atoms with Gasteiger partial charge in [-0.25, -0.2) is 4.98 Å². The average molecular weight is 388 g/mol. The first-order valence-corrected chi connectivity index (χ1v) is 8.27. The largest absolute Gasteiger partial charge is 0.378 e. The second-order valence-electron chi connectivity index (χ2n) is 4.22. The van der Waals surface area contributed by atoms with Gasteiger partial charge < -0.3 is 5.32 Å². The summed E-state index contributed by atoms with van der Waals surface area (Å²) < 4.78 is 2.01. The Bertz CT molecular complexity index is 773. The summed E-state index contributed by atoms with van der Waals surface area (Å²) in [7, 11) is 0. The smallest absolute Gasteiger partial charge is 0.106 e. The maximum atomic E-state index is 6.25. The highest BCUT2D eigenvalue weighted by Gasteiger charge is 2.08. The molecule has 0 aliphatic rings. The molecule has 20 heavy (non-hydrogen) atoms. The van der Waals surface area contributed by atoms with Gasteiger partial charge in [0.25, 0.3) is 0 Å². The van der Waals surface area contributed by atoms with E-state index in [1.54, 1.807) is 11.3 Å². The molecule has 0 aliphatic carbocycles. The van der Waals surface area contributed by atoms with Crippen molar-refractivity contribution in [2.45, 2.75) is 6.54 Å². The van der Waals surface area contributed by atoms with Gasteiger partial charge in [0.1, 0.15) is 5.52 Å². The number of hydrogen-bond donors (Lipinski definition) is 1. The molecule has 102 valence electrons. The Labute approximate surface area is 138 Å². The Morgan fingerprint density at radius 1 is 1.15 bits per heavy atom. The van der Waals surface area contributed by atoms with Crippen LogP contribution in [-0.4, -0.2) is 4.98 Å². The van der Waals surface area contributed by atoms with E-state index in [0.29, 0.717) is 16.6 Å². The van der Waals surface area contributed by atoms with Crippen LogP contribution in [0.2, 0.25) is 10.0 Å². The van der Waals surface area contributed by atoms with Crippen LogP contribution in [0.15, 0.2) is 40.3 Å². The summed E-state index contributed by atoms with van der Waals surface area (Å²) in [5, 5.41) is 4.73. The van der Waals surface area contributed by atoms with Crippen LogP contribution in [0.5, 0.6) is 0 Å². The number of anilines is 1. The van der Waals surface area contributed by atoms with Gasteiger partial charge in [-0.05, 0) is 45.8 Å². The predicted molar refractivity (Wildman–Crippen MR) is 91.1 cm³/mol. The summed E-state index contributed by atoms with van der Waals surface area (Å²) in [6.45, 7) is 0.659. The van der Waals surface area contributed by atoms with Crippen LogP contribution in [0.3, 0.4) is 0 Å². The monoisotopic (exact) mass is 386 g/mol. The van der Waals surface area contributed by atoms with E-state index in [9.17, 15) is 0 Å². The second kappa shape index (κ2) is 5.90. The molecule has 1 N–H and O–H groups in total. The molecule has 0 spiro atoms. The van der Waals surface area contributed by atoms with E-state index < -0.39 is 0 Å². The van der Waals surface area contributed by atoms with Gasteiger partial charge in [0, 0.05) is 11.0 Å². The maximum Gasteiger partial charge on any atom is 0.106 e. The van der Waals surface area contributed by atoms with Crippen molar-refractivity contribution in [1.29, 1.82) is 0 Å². The number of halogens is 3. The zero-order chi connectivity index (χ0) is 14.1. The quantitative estimate of drug-likeness (QED) is 0.598. The minimum atomic E-state index is 0.659. The molecule has 0 saturated heterocycles. The van der Waals surface area contributed by atoms with Crippen LogP contribution < -0.4 is 5.32 Å². The molecular weight excluding hydrogens is 379 g/mol. The predicted octanol–water partition coefficient (Wildman–Crippen LogP) is 5.98. The van der Waals surface area contributed by atoms with Crippen molar-refractivity contribution in [3.63, 3.8) is 0 Å². The van der Waals surface area contributed by atoms with E-state index in [0.717, 1.165) is 25.9 Å². The van der Waals surface area contributed by atoms with Crippen molar-refractivity contribution >= 4 is 66.4 Å². The molecule has 0 aliphatic heterocycles. The summed E-state index contributed by atoms with van der Waals surface area (Å²) in [6, 6.07) is 9.72. The SMILES string of the molecule is Clc1ccc(CNc2c(Cl)ccc3scnc23)cc1Br. The summed E-state index contributed by atoms with van der Waals surface area (Å²) in [6.07, 6.45) is 0. The van der Waals surface area contributed by atoms with Crippen molar-refractivity contribution in [3.05, 3.63) is 55.9 Å². The first-order valence-electron chi connectivity index (χ1n) is 5.84. The number of rotatable bonds is 3. The fourth-order valence-electron chi connectivity index (χ4n) is 1.91. The van der Waals surface area contributed by atoms with Crippen molar-refractivity contribution in [2.24, 2.45) is 0 Å². The van der Waals surface area contributed by atoms with E-state index in [1.807, 2.05) is 35.8 Å². The summed E-state index contributed by atoms with van der Waals surface area (Å²) in [4.78, 5) is 4.36. The van der Waals surface area contributed by atoms with Gasteiger partial charge in [0.05, 0.1) is 25.9 Å². The maximum absolute atomic E-state index is 6.25. The standard InChI is InChI=1S/C14H9BrCl2N2S/c15-9-5-8(1-2-10(9)16)6-18-13-11(17)3-4-12-14(13)19-7-20-12/h1-5,7,18H,6H2.